The fraction of sp³-hybridized carbons (Fsp3) is 0. The monoisotopic (exact) mass is 647 g/mol. The maximum atomic E-state index is 5.37. The molecule has 0 N–H and O–H groups in total. The van der Waals surface area contributed by atoms with Crippen molar-refractivity contribution in [2.45, 2.75) is 0 Å². The Labute approximate surface area is 284 Å². The predicted molar refractivity (Wildman–Crippen MR) is 205 cm³/mol. The van der Waals surface area contributed by atoms with E-state index in [-0.39, 0.29) is 0 Å². The summed E-state index contributed by atoms with van der Waals surface area (Å²) in [5.74, 6) is 2.02. The molecule has 10 aromatic rings. The second-order valence-corrected chi connectivity index (χ2v) is 14.0. The number of thiophene rings is 2. The molecule has 7 aromatic carbocycles. The van der Waals surface area contributed by atoms with Gasteiger partial charge in [0.05, 0.1) is 0 Å². The van der Waals surface area contributed by atoms with Crippen LogP contribution in [0.4, 0.5) is 0 Å². The molecule has 3 heterocycles. The minimum Gasteiger partial charge on any atom is -0.208 e. The van der Waals surface area contributed by atoms with E-state index in [1.54, 1.807) is 22.7 Å². The van der Waals surface area contributed by atoms with Gasteiger partial charge in [-0.05, 0) is 46.2 Å². The van der Waals surface area contributed by atoms with E-state index in [4.69, 9.17) is 15.0 Å². The summed E-state index contributed by atoms with van der Waals surface area (Å²) >= 11 is 3.59. The van der Waals surface area contributed by atoms with Gasteiger partial charge in [-0.25, -0.2) is 15.0 Å². The first-order valence-corrected chi connectivity index (χ1v) is 17.6. The van der Waals surface area contributed by atoms with Gasteiger partial charge in [-0.15, -0.1) is 22.7 Å². The smallest absolute Gasteiger partial charge is 0.165 e. The van der Waals surface area contributed by atoms with Gasteiger partial charge in [-0.2, -0.15) is 0 Å². The average Bonchev–Trinajstić information content (AvgIpc) is 3.73. The standard InChI is InChI=1S/C43H25N3S2/c1-2-12-26(13-3-1)29-25-24-27-14-4-5-15-28(27)38(29)43-45-41(34-20-10-18-32-30-16-6-8-22-36(30)47-39(32)34)44-42(46-43)35-21-11-19-33-31-17-7-9-23-37(31)48-40(33)35/h1-25H. The summed E-state index contributed by atoms with van der Waals surface area (Å²) in [6.07, 6.45) is 0. The van der Waals surface area contributed by atoms with Gasteiger partial charge in [-0.3, -0.25) is 0 Å². The molecule has 0 atom stereocenters. The van der Waals surface area contributed by atoms with Crippen LogP contribution in [-0.4, -0.2) is 15.0 Å². The maximum absolute atomic E-state index is 5.37. The number of rotatable bonds is 4. The zero-order chi connectivity index (χ0) is 31.6. The van der Waals surface area contributed by atoms with Crippen LogP contribution in [0.25, 0.3) is 96.4 Å². The highest BCUT2D eigenvalue weighted by molar-refractivity contribution is 7.26. The SMILES string of the molecule is c1ccc(-c2ccc3ccccc3c2-c2nc(-c3cccc4c3sc3ccccc34)nc(-c3cccc4c3sc3ccccc34)n2)cc1. The van der Waals surface area contributed by atoms with Crippen molar-refractivity contribution < 1.29 is 0 Å². The van der Waals surface area contributed by atoms with Crippen LogP contribution in [0.5, 0.6) is 0 Å². The molecule has 0 amide bonds. The molecule has 3 aromatic heterocycles. The number of aromatic nitrogens is 3. The van der Waals surface area contributed by atoms with E-state index in [0.717, 1.165) is 38.6 Å². The fourth-order valence-corrected chi connectivity index (χ4v) is 9.37. The van der Waals surface area contributed by atoms with Crippen molar-refractivity contribution in [1.82, 2.24) is 15.0 Å². The number of benzene rings is 7. The van der Waals surface area contributed by atoms with Crippen molar-refractivity contribution in [3.8, 4) is 45.3 Å². The van der Waals surface area contributed by atoms with E-state index in [9.17, 15) is 0 Å². The molecule has 0 aliphatic heterocycles. The Morgan fingerprint density at radius 1 is 0.333 bits per heavy atom. The third-order valence-electron chi connectivity index (χ3n) is 9.16. The minimum absolute atomic E-state index is 0.668. The zero-order valence-electron chi connectivity index (χ0n) is 25.6. The second kappa shape index (κ2) is 10.9. The van der Waals surface area contributed by atoms with Crippen molar-refractivity contribution in [3.05, 3.63) is 152 Å². The Bertz CT molecular complexity index is 2720. The first kappa shape index (κ1) is 27.4. The van der Waals surface area contributed by atoms with Gasteiger partial charge in [0, 0.05) is 57.0 Å². The molecule has 10 rings (SSSR count). The molecular formula is C43H25N3S2. The Kier molecular flexibility index (Phi) is 6.22. The lowest BCUT2D eigenvalue weighted by Gasteiger charge is -2.15. The number of hydrogen-bond donors (Lipinski definition) is 0. The van der Waals surface area contributed by atoms with Gasteiger partial charge in [0.1, 0.15) is 0 Å². The van der Waals surface area contributed by atoms with Gasteiger partial charge in [0.2, 0.25) is 0 Å². The molecule has 0 radical (unpaired) electrons. The summed E-state index contributed by atoms with van der Waals surface area (Å²) in [5.41, 5.74) is 5.26. The molecular weight excluding hydrogens is 623 g/mol. The van der Waals surface area contributed by atoms with Gasteiger partial charge in [0.25, 0.3) is 0 Å². The topological polar surface area (TPSA) is 38.7 Å². The van der Waals surface area contributed by atoms with Crippen molar-refractivity contribution in [1.29, 1.82) is 0 Å². The number of fused-ring (bicyclic) bond motifs is 7. The minimum atomic E-state index is 0.668. The Morgan fingerprint density at radius 3 is 1.46 bits per heavy atom. The third kappa shape index (κ3) is 4.29. The van der Waals surface area contributed by atoms with Crippen LogP contribution in [0.2, 0.25) is 0 Å². The Balaban J connectivity index is 1.32. The average molecular weight is 648 g/mol. The molecule has 0 unspecified atom stereocenters. The fourth-order valence-electron chi connectivity index (χ4n) is 6.95. The summed E-state index contributed by atoms with van der Waals surface area (Å²) in [5, 5.41) is 7.21. The lowest BCUT2D eigenvalue weighted by Crippen LogP contribution is -2.02. The first-order valence-electron chi connectivity index (χ1n) is 15.9. The van der Waals surface area contributed by atoms with Crippen LogP contribution < -0.4 is 0 Å². The molecule has 0 spiro atoms. The maximum Gasteiger partial charge on any atom is 0.165 e. The summed E-state index contributed by atoms with van der Waals surface area (Å²) in [6, 6.07) is 53.7. The van der Waals surface area contributed by atoms with E-state index < -0.39 is 0 Å². The number of hydrogen-bond acceptors (Lipinski definition) is 5. The second-order valence-electron chi connectivity index (χ2n) is 11.9. The molecule has 0 bridgehead atoms. The van der Waals surface area contributed by atoms with Crippen molar-refractivity contribution >= 4 is 73.8 Å². The van der Waals surface area contributed by atoms with Gasteiger partial charge < -0.3 is 0 Å². The van der Waals surface area contributed by atoms with Crippen LogP contribution in [0.15, 0.2) is 152 Å². The Morgan fingerprint density at radius 2 is 0.833 bits per heavy atom. The first-order chi connectivity index (χ1) is 23.8. The van der Waals surface area contributed by atoms with Gasteiger partial charge >= 0.3 is 0 Å². The van der Waals surface area contributed by atoms with E-state index in [1.807, 2.05) is 0 Å². The third-order valence-corrected chi connectivity index (χ3v) is 11.6. The van der Waals surface area contributed by atoms with E-state index in [1.165, 1.54) is 40.3 Å². The predicted octanol–water partition coefficient (Wildman–Crippen LogP) is 12.4. The molecule has 5 heteroatoms. The molecule has 0 saturated heterocycles. The summed E-state index contributed by atoms with van der Waals surface area (Å²) < 4.78 is 4.88. The van der Waals surface area contributed by atoms with Crippen LogP contribution in [-0.2, 0) is 0 Å². The molecule has 0 fully saturated rings. The van der Waals surface area contributed by atoms with Crippen molar-refractivity contribution in [2.75, 3.05) is 0 Å². The van der Waals surface area contributed by atoms with Crippen molar-refractivity contribution in [3.63, 3.8) is 0 Å². The van der Waals surface area contributed by atoms with Crippen LogP contribution in [0.3, 0.4) is 0 Å². The molecule has 48 heavy (non-hydrogen) atoms. The van der Waals surface area contributed by atoms with Gasteiger partial charge in [0.15, 0.2) is 17.5 Å². The quantitative estimate of drug-likeness (QED) is 0.191. The van der Waals surface area contributed by atoms with Crippen molar-refractivity contribution in [2.24, 2.45) is 0 Å². The molecule has 3 nitrogen and oxygen atoms in total. The molecule has 0 aliphatic carbocycles. The lowest BCUT2D eigenvalue weighted by atomic mass is 9.93. The largest absolute Gasteiger partial charge is 0.208 e. The lowest BCUT2D eigenvalue weighted by molar-refractivity contribution is 1.08. The van der Waals surface area contributed by atoms with Crippen LogP contribution >= 0.6 is 22.7 Å². The highest BCUT2D eigenvalue weighted by Gasteiger charge is 2.21. The molecule has 224 valence electrons. The van der Waals surface area contributed by atoms with Crippen LogP contribution in [0.1, 0.15) is 0 Å². The van der Waals surface area contributed by atoms with E-state index >= 15 is 0 Å². The molecule has 0 aliphatic rings. The normalized spacial score (nSPS) is 11.8. The molecule has 0 saturated carbocycles. The zero-order valence-corrected chi connectivity index (χ0v) is 27.2. The summed E-state index contributed by atoms with van der Waals surface area (Å²) in [6.45, 7) is 0. The van der Waals surface area contributed by atoms with E-state index in [2.05, 4.69) is 152 Å². The van der Waals surface area contributed by atoms with Crippen LogP contribution in [0, 0.1) is 0 Å². The number of nitrogens with zero attached hydrogens (tertiary/aromatic N) is 3. The summed E-state index contributed by atoms with van der Waals surface area (Å²) in [4.78, 5) is 16.0. The highest BCUT2D eigenvalue weighted by Crippen LogP contribution is 2.43. The summed E-state index contributed by atoms with van der Waals surface area (Å²) in [7, 11) is 0. The van der Waals surface area contributed by atoms with Gasteiger partial charge in [-0.1, -0.05) is 127 Å². The Hall–Kier alpha value is -5.75. The van der Waals surface area contributed by atoms with E-state index in [0.29, 0.717) is 17.5 Å². The highest BCUT2D eigenvalue weighted by atomic mass is 32.1.